The molecule has 0 unspecified atom stereocenters. The number of benzene rings is 2. The molecule has 0 spiro atoms. The van der Waals surface area contributed by atoms with E-state index < -0.39 is 5.82 Å². The van der Waals surface area contributed by atoms with Crippen molar-refractivity contribution in [2.75, 3.05) is 5.32 Å². The van der Waals surface area contributed by atoms with Crippen molar-refractivity contribution >= 4 is 5.69 Å². The van der Waals surface area contributed by atoms with E-state index in [1.807, 2.05) is 13.0 Å². The van der Waals surface area contributed by atoms with Crippen molar-refractivity contribution < 1.29 is 8.78 Å². The molecule has 1 N–H and O–H groups in total. The number of hydrogen-bond acceptors (Lipinski definition) is 2. The van der Waals surface area contributed by atoms with Gasteiger partial charge in [0.1, 0.15) is 11.6 Å². The van der Waals surface area contributed by atoms with Crippen LogP contribution in [0.15, 0.2) is 36.4 Å². The largest absolute Gasteiger partial charge is 0.381 e. The summed E-state index contributed by atoms with van der Waals surface area (Å²) in [7, 11) is 0. The Labute approximate surface area is 110 Å². The molecule has 96 valence electrons. The topological polar surface area (TPSA) is 35.8 Å². The number of halogens is 2. The maximum absolute atomic E-state index is 13.2. The minimum atomic E-state index is -0.452. The van der Waals surface area contributed by atoms with Crippen LogP contribution in [0, 0.1) is 29.9 Å². The Morgan fingerprint density at radius 3 is 2.63 bits per heavy atom. The summed E-state index contributed by atoms with van der Waals surface area (Å²) in [5.74, 6) is -0.781. The lowest BCUT2D eigenvalue weighted by Gasteiger charge is -2.10. The monoisotopic (exact) mass is 258 g/mol. The lowest BCUT2D eigenvalue weighted by atomic mass is 10.1. The van der Waals surface area contributed by atoms with Gasteiger partial charge in [-0.3, -0.25) is 0 Å². The zero-order chi connectivity index (χ0) is 13.8. The first kappa shape index (κ1) is 13.0. The molecule has 0 radical (unpaired) electrons. The number of hydrogen-bond donors (Lipinski definition) is 1. The first-order chi connectivity index (χ1) is 9.08. The summed E-state index contributed by atoms with van der Waals surface area (Å²) in [6.07, 6.45) is 0. The first-order valence-corrected chi connectivity index (χ1v) is 5.78. The van der Waals surface area contributed by atoms with E-state index in [0.29, 0.717) is 17.8 Å². The molecule has 0 bridgehead atoms. The maximum Gasteiger partial charge on any atom is 0.125 e. The summed E-state index contributed by atoms with van der Waals surface area (Å²) in [4.78, 5) is 0. The standard InChI is InChI=1S/C15H12F2N2/c1-10-2-3-13(16)7-15(10)19-9-12-4-11(8-18)5-14(17)6-12/h2-7,19H,9H2,1H3. The van der Waals surface area contributed by atoms with Crippen LogP contribution >= 0.6 is 0 Å². The normalized spacial score (nSPS) is 10.0. The van der Waals surface area contributed by atoms with Gasteiger partial charge < -0.3 is 5.32 Å². The van der Waals surface area contributed by atoms with Crippen LogP contribution in [-0.4, -0.2) is 0 Å². The summed E-state index contributed by atoms with van der Waals surface area (Å²) >= 11 is 0. The van der Waals surface area contributed by atoms with Crippen LogP contribution in [0.1, 0.15) is 16.7 Å². The molecule has 19 heavy (non-hydrogen) atoms. The van der Waals surface area contributed by atoms with E-state index in [1.165, 1.54) is 24.3 Å². The second-order valence-corrected chi connectivity index (χ2v) is 4.27. The van der Waals surface area contributed by atoms with Crippen molar-refractivity contribution in [2.24, 2.45) is 0 Å². The Kier molecular flexibility index (Phi) is 3.76. The van der Waals surface area contributed by atoms with E-state index in [2.05, 4.69) is 5.32 Å². The number of nitriles is 1. The molecule has 0 fully saturated rings. The third kappa shape index (κ3) is 3.29. The van der Waals surface area contributed by atoms with Gasteiger partial charge >= 0.3 is 0 Å². The Morgan fingerprint density at radius 1 is 1.11 bits per heavy atom. The van der Waals surface area contributed by atoms with Crippen LogP contribution in [-0.2, 0) is 6.54 Å². The van der Waals surface area contributed by atoms with E-state index in [-0.39, 0.29) is 11.4 Å². The van der Waals surface area contributed by atoms with E-state index >= 15 is 0 Å². The molecule has 2 nitrogen and oxygen atoms in total. The Bertz CT molecular complexity index is 645. The molecular formula is C15H12F2N2. The Hall–Kier alpha value is -2.41. The molecule has 0 aliphatic carbocycles. The third-order valence-corrected chi connectivity index (χ3v) is 2.77. The lowest BCUT2D eigenvalue weighted by molar-refractivity contribution is 0.624. The molecule has 0 aromatic heterocycles. The van der Waals surface area contributed by atoms with Crippen molar-refractivity contribution in [3.05, 3.63) is 64.7 Å². The van der Waals surface area contributed by atoms with Crippen LogP contribution in [0.4, 0.5) is 14.5 Å². The molecule has 0 heterocycles. The summed E-state index contributed by atoms with van der Waals surface area (Å²) in [6.45, 7) is 2.19. The van der Waals surface area contributed by atoms with E-state index in [1.54, 1.807) is 12.1 Å². The van der Waals surface area contributed by atoms with Crippen LogP contribution in [0.2, 0.25) is 0 Å². The molecular weight excluding hydrogens is 246 g/mol. The van der Waals surface area contributed by atoms with Crippen LogP contribution in [0.3, 0.4) is 0 Å². The molecule has 0 aliphatic rings. The average molecular weight is 258 g/mol. The van der Waals surface area contributed by atoms with Gasteiger partial charge in [0.15, 0.2) is 0 Å². The van der Waals surface area contributed by atoms with Gasteiger partial charge in [0.05, 0.1) is 11.6 Å². The van der Waals surface area contributed by atoms with Crippen LogP contribution in [0.25, 0.3) is 0 Å². The second kappa shape index (κ2) is 5.49. The minimum Gasteiger partial charge on any atom is -0.381 e. The Balaban J connectivity index is 2.17. The van der Waals surface area contributed by atoms with Crippen molar-refractivity contribution in [2.45, 2.75) is 13.5 Å². The van der Waals surface area contributed by atoms with Crippen molar-refractivity contribution in [1.82, 2.24) is 0 Å². The summed E-state index contributed by atoms with van der Waals surface area (Å²) in [6, 6.07) is 10.5. The molecule has 0 aliphatic heterocycles. The van der Waals surface area contributed by atoms with Gasteiger partial charge in [-0.25, -0.2) is 8.78 Å². The predicted molar refractivity (Wildman–Crippen MR) is 69.6 cm³/mol. The molecule has 2 aromatic carbocycles. The fourth-order valence-electron chi connectivity index (χ4n) is 1.80. The molecule has 0 saturated heterocycles. The lowest BCUT2D eigenvalue weighted by Crippen LogP contribution is -2.02. The summed E-state index contributed by atoms with van der Waals surface area (Å²) < 4.78 is 26.4. The van der Waals surface area contributed by atoms with Crippen molar-refractivity contribution in [3.8, 4) is 6.07 Å². The highest BCUT2D eigenvalue weighted by molar-refractivity contribution is 5.51. The quantitative estimate of drug-likeness (QED) is 0.909. The van der Waals surface area contributed by atoms with Crippen LogP contribution in [0.5, 0.6) is 0 Å². The summed E-state index contributed by atoms with van der Waals surface area (Å²) in [5, 5.41) is 11.8. The SMILES string of the molecule is Cc1ccc(F)cc1NCc1cc(F)cc(C#N)c1. The highest BCUT2D eigenvalue weighted by Crippen LogP contribution is 2.17. The van der Waals surface area contributed by atoms with Gasteiger partial charge in [0.25, 0.3) is 0 Å². The van der Waals surface area contributed by atoms with Gasteiger partial charge in [-0.1, -0.05) is 6.07 Å². The molecule has 4 heteroatoms. The maximum atomic E-state index is 13.2. The number of nitrogens with zero attached hydrogens (tertiary/aromatic N) is 1. The van der Waals surface area contributed by atoms with E-state index in [4.69, 9.17) is 5.26 Å². The molecule has 0 saturated carbocycles. The molecule has 2 aromatic rings. The molecule has 0 atom stereocenters. The Morgan fingerprint density at radius 2 is 1.89 bits per heavy atom. The zero-order valence-electron chi connectivity index (χ0n) is 10.4. The van der Waals surface area contributed by atoms with E-state index in [0.717, 1.165) is 5.56 Å². The van der Waals surface area contributed by atoms with Gasteiger partial charge in [0.2, 0.25) is 0 Å². The number of nitrogens with one attached hydrogen (secondary N) is 1. The summed E-state index contributed by atoms with van der Waals surface area (Å²) in [5.41, 5.74) is 2.47. The average Bonchev–Trinajstić information content (AvgIpc) is 2.39. The minimum absolute atomic E-state index is 0.271. The predicted octanol–water partition coefficient (Wildman–Crippen LogP) is 3.76. The third-order valence-electron chi connectivity index (χ3n) is 2.77. The number of rotatable bonds is 3. The van der Waals surface area contributed by atoms with Gasteiger partial charge in [0, 0.05) is 12.2 Å². The zero-order valence-corrected chi connectivity index (χ0v) is 10.4. The molecule has 0 amide bonds. The van der Waals surface area contributed by atoms with Gasteiger partial charge in [-0.15, -0.1) is 0 Å². The smallest absolute Gasteiger partial charge is 0.125 e. The number of anilines is 1. The van der Waals surface area contributed by atoms with Gasteiger partial charge in [-0.2, -0.15) is 5.26 Å². The van der Waals surface area contributed by atoms with Crippen molar-refractivity contribution in [1.29, 1.82) is 5.26 Å². The first-order valence-electron chi connectivity index (χ1n) is 5.78. The highest BCUT2D eigenvalue weighted by Gasteiger charge is 2.03. The van der Waals surface area contributed by atoms with Gasteiger partial charge in [-0.05, 0) is 48.4 Å². The van der Waals surface area contributed by atoms with Crippen molar-refractivity contribution in [3.63, 3.8) is 0 Å². The second-order valence-electron chi connectivity index (χ2n) is 4.27. The fraction of sp³-hybridized carbons (Fsp3) is 0.133. The highest BCUT2D eigenvalue weighted by atomic mass is 19.1. The number of aryl methyl sites for hydroxylation is 1. The van der Waals surface area contributed by atoms with E-state index in [9.17, 15) is 8.78 Å². The fourth-order valence-corrected chi connectivity index (χ4v) is 1.80. The molecule has 2 rings (SSSR count). The van der Waals surface area contributed by atoms with Crippen LogP contribution < -0.4 is 5.32 Å².